The van der Waals surface area contributed by atoms with Crippen LogP contribution >= 0.6 is 12.2 Å². The van der Waals surface area contributed by atoms with Crippen LogP contribution in [0.25, 0.3) is 11.2 Å². The van der Waals surface area contributed by atoms with Gasteiger partial charge in [-0.25, -0.2) is 9.97 Å². The van der Waals surface area contributed by atoms with E-state index in [4.69, 9.17) is 17.0 Å². The fourth-order valence-electron chi connectivity index (χ4n) is 3.54. The minimum atomic E-state index is -4.55. The molecule has 8 nitrogen and oxygen atoms in total. The summed E-state index contributed by atoms with van der Waals surface area (Å²) in [5, 5.41) is 5.12. The van der Waals surface area contributed by atoms with Gasteiger partial charge in [0.1, 0.15) is 12.1 Å². The molecule has 0 aliphatic heterocycles. The molecule has 1 aliphatic carbocycles. The van der Waals surface area contributed by atoms with Gasteiger partial charge in [-0.05, 0) is 73.4 Å². The van der Waals surface area contributed by atoms with Crippen LogP contribution in [0.4, 0.5) is 18.9 Å². The van der Waals surface area contributed by atoms with Crippen molar-refractivity contribution in [3.05, 3.63) is 72.3 Å². The molecule has 0 bridgehead atoms. The molecule has 0 spiro atoms. The number of imidazole rings is 1. The molecule has 12 heteroatoms. The van der Waals surface area contributed by atoms with Crippen LogP contribution in [-0.2, 0) is 12.7 Å². The van der Waals surface area contributed by atoms with E-state index in [1.165, 1.54) is 25.2 Å². The van der Waals surface area contributed by atoms with Gasteiger partial charge in [0.05, 0.1) is 11.9 Å². The lowest BCUT2D eigenvalue weighted by atomic mass is 10.1. The van der Waals surface area contributed by atoms with E-state index in [0.717, 1.165) is 24.7 Å². The number of benzene rings is 2. The number of fused-ring (bicyclic) bond motifs is 1. The van der Waals surface area contributed by atoms with E-state index in [0.29, 0.717) is 34.4 Å². The Labute approximate surface area is 208 Å². The summed E-state index contributed by atoms with van der Waals surface area (Å²) < 4.78 is 46.6. The Balaban J connectivity index is 1.21. The smallest absolute Gasteiger partial charge is 0.416 e. The van der Waals surface area contributed by atoms with Gasteiger partial charge in [0.2, 0.25) is 0 Å². The highest BCUT2D eigenvalue weighted by Crippen LogP contribution is 2.33. The topological polar surface area (TPSA) is 94.0 Å². The van der Waals surface area contributed by atoms with Gasteiger partial charge in [-0.2, -0.15) is 18.2 Å². The SMILES string of the molecule is O=C(NC(=S)Nc1ccc(Oc2ncnc3c2ncn3CC2CC2)cc1)c1cccc(C(F)(F)F)c1. The van der Waals surface area contributed by atoms with Crippen molar-refractivity contribution in [3.63, 3.8) is 0 Å². The molecule has 5 rings (SSSR count). The third kappa shape index (κ3) is 5.43. The van der Waals surface area contributed by atoms with Crippen LogP contribution in [-0.4, -0.2) is 30.5 Å². The highest BCUT2D eigenvalue weighted by molar-refractivity contribution is 7.80. The standard InChI is InChI=1S/C24H19F3N6O2S/c25-24(26,27)16-3-1-2-15(10-16)21(34)32-23(36)31-17-6-8-18(9-7-17)35-22-19-20(28-12-29-22)33(13-30-19)11-14-4-5-14/h1-3,6-10,12-14H,4-5,11H2,(H2,31,32,34,36). The molecule has 1 amide bonds. The van der Waals surface area contributed by atoms with Crippen LogP contribution in [0.1, 0.15) is 28.8 Å². The maximum absolute atomic E-state index is 12.9. The number of rotatable bonds is 6. The largest absolute Gasteiger partial charge is 0.437 e. The van der Waals surface area contributed by atoms with Crippen molar-refractivity contribution in [3.8, 4) is 11.6 Å². The molecular formula is C24H19F3N6O2S. The Morgan fingerprint density at radius 2 is 1.89 bits per heavy atom. The molecule has 1 fully saturated rings. The van der Waals surface area contributed by atoms with E-state index in [2.05, 4.69) is 25.6 Å². The van der Waals surface area contributed by atoms with Crippen molar-refractivity contribution in [2.75, 3.05) is 5.32 Å². The van der Waals surface area contributed by atoms with E-state index in [1.807, 2.05) is 4.57 Å². The molecule has 0 radical (unpaired) electrons. The lowest BCUT2D eigenvalue weighted by Gasteiger charge is -2.12. The van der Waals surface area contributed by atoms with E-state index in [-0.39, 0.29) is 10.7 Å². The highest BCUT2D eigenvalue weighted by Gasteiger charge is 2.31. The Morgan fingerprint density at radius 1 is 1.11 bits per heavy atom. The van der Waals surface area contributed by atoms with Crippen LogP contribution in [0.15, 0.2) is 61.2 Å². The minimum absolute atomic E-state index is 0.0650. The first-order valence-corrected chi connectivity index (χ1v) is 11.4. The maximum Gasteiger partial charge on any atom is 0.416 e. The third-order valence-electron chi connectivity index (χ3n) is 5.53. The molecule has 0 saturated heterocycles. The highest BCUT2D eigenvalue weighted by atomic mass is 32.1. The predicted octanol–water partition coefficient (Wildman–Crippen LogP) is 5.17. The summed E-state index contributed by atoms with van der Waals surface area (Å²) in [6.07, 6.45) is 1.06. The molecule has 4 aromatic rings. The van der Waals surface area contributed by atoms with Crippen molar-refractivity contribution in [2.45, 2.75) is 25.6 Å². The van der Waals surface area contributed by atoms with Gasteiger partial charge in [0.15, 0.2) is 16.3 Å². The fraction of sp³-hybridized carbons (Fsp3) is 0.208. The number of ether oxygens (including phenoxy) is 1. The Morgan fingerprint density at radius 3 is 2.61 bits per heavy atom. The zero-order valence-electron chi connectivity index (χ0n) is 18.6. The Kier molecular flexibility index (Phi) is 6.27. The van der Waals surface area contributed by atoms with Gasteiger partial charge in [-0.15, -0.1) is 0 Å². The molecule has 2 heterocycles. The monoisotopic (exact) mass is 512 g/mol. The zero-order chi connectivity index (χ0) is 25.3. The molecule has 0 unspecified atom stereocenters. The summed E-state index contributed by atoms with van der Waals surface area (Å²) in [7, 11) is 0. The molecule has 2 aromatic carbocycles. The molecule has 2 N–H and O–H groups in total. The number of hydrogen-bond acceptors (Lipinski definition) is 6. The van der Waals surface area contributed by atoms with Crippen LogP contribution < -0.4 is 15.4 Å². The van der Waals surface area contributed by atoms with Crippen molar-refractivity contribution < 1.29 is 22.7 Å². The second-order valence-corrected chi connectivity index (χ2v) is 8.71. The number of thiocarbonyl (C=S) groups is 1. The number of anilines is 1. The van der Waals surface area contributed by atoms with Crippen LogP contribution in [0.2, 0.25) is 0 Å². The van der Waals surface area contributed by atoms with Gasteiger partial charge in [-0.3, -0.25) is 10.1 Å². The molecule has 2 aromatic heterocycles. The predicted molar refractivity (Wildman–Crippen MR) is 130 cm³/mol. The first-order chi connectivity index (χ1) is 17.3. The van der Waals surface area contributed by atoms with E-state index < -0.39 is 17.6 Å². The van der Waals surface area contributed by atoms with E-state index >= 15 is 0 Å². The summed E-state index contributed by atoms with van der Waals surface area (Å²) in [5.41, 5.74) is 0.748. The number of hydrogen-bond donors (Lipinski definition) is 2. The van der Waals surface area contributed by atoms with Gasteiger partial charge in [-0.1, -0.05) is 6.07 Å². The van der Waals surface area contributed by atoms with E-state index in [1.54, 1.807) is 30.6 Å². The number of amides is 1. The van der Waals surface area contributed by atoms with E-state index in [9.17, 15) is 18.0 Å². The number of nitrogens with zero attached hydrogens (tertiary/aromatic N) is 4. The number of halogens is 3. The molecule has 0 atom stereocenters. The Bertz CT molecular complexity index is 1430. The van der Waals surface area contributed by atoms with Crippen LogP contribution in [0.5, 0.6) is 11.6 Å². The second kappa shape index (κ2) is 9.53. The lowest BCUT2D eigenvalue weighted by Crippen LogP contribution is -2.34. The summed E-state index contributed by atoms with van der Waals surface area (Å²) >= 11 is 5.12. The normalized spacial score (nSPS) is 13.4. The maximum atomic E-state index is 12.9. The average molecular weight is 513 g/mol. The minimum Gasteiger partial charge on any atom is -0.437 e. The molecular weight excluding hydrogens is 493 g/mol. The third-order valence-corrected chi connectivity index (χ3v) is 5.73. The summed E-state index contributed by atoms with van der Waals surface area (Å²) in [6.45, 7) is 0.873. The van der Waals surface area contributed by atoms with Gasteiger partial charge < -0.3 is 14.6 Å². The van der Waals surface area contributed by atoms with Crippen molar-refractivity contribution in [1.82, 2.24) is 24.8 Å². The Hall–Kier alpha value is -4.06. The first kappa shape index (κ1) is 23.7. The number of carbonyl (C=O) groups excluding carboxylic acids is 1. The number of carbonyl (C=O) groups is 1. The van der Waals surface area contributed by atoms with Crippen molar-refractivity contribution in [1.29, 1.82) is 0 Å². The van der Waals surface area contributed by atoms with Gasteiger partial charge >= 0.3 is 6.18 Å². The van der Waals surface area contributed by atoms with Crippen LogP contribution in [0, 0.1) is 5.92 Å². The second-order valence-electron chi connectivity index (χ2n) is 8.30. The van der Waals surface area contributed by atoms with Gasteiger partial charge in [0.25, 0.3) is 11.8 Å². The van der Waals surface area contributed by atoms with Gasteiger partial charge in [0, 0.05) is 17.8 Å². The average Bonchev–Trinajstić information content (AvgIpc) is 3.58. The fourth-order valence-corrected chi connectivity index (χ4v) is 3.75. The van der Waals surface area contributed by atoms with Crippen molar-refractivity contribution >= 4 is 40.1 Å². The summed E-state index contributed by atoms with van der Waals surface area (Å²) in [5.74, 6) is 0.741. The zero-order valence-corrected chi connectivity index (χ0v) is 19.4. The first-order valence-electron chi connectivity index (χ1n) is 11.0. The lowest BCUT2D eigenvalue weighted by molar-refractivity contribution is -0.137. The molecule has 36 heavy (non-hydrogen) atoms. The van der Waals surface area contributed by atoms with Crippen LogP contribution in [0.3, 0.4) is 0 Å². The molecule has 1 saturated carbocycles. The number of alkyl halides is 3. The molecule has 184 valence electrons. The van der Waals surface area contributed by atoms with Crippen molar-refractivity contribution in [2.24, 2.45) is 5.92 Å². The summed E-state index contributed by atoms with van der Waals surface area (Å²) in [6, 6.07) is 10.8. The quantitative estimate of drug-likeness (QED) is 0.344. The number of nitrogens with one attached hydrogen (secondary N) is 2. The number of aromatic nitrogens is 4. The molecule has 1 aliphatic rings. The summed E-state index contributed by atoms with van der Waals surface area (Å²) in [4.78, 5) is 25.2.